The van der Waals surface area contributed by atoms with Crippen LogP contribution in [0.15, 0.2) is 39.4 Å². The SMILES string of the molecule is Brc1ccc(I)c(-c2nc3ncc(Br)cc3[nH]2)c1. The fourth-order valence-corrected chi connectivity index (χ4v) is 2.96. The predicted molar refractivity (Wildman–Crippen MR) is 87.4 cm³/mol. The maximum Gasteiger partial charge on any atom is 0.178 e. The van der Waals surface area contributed by atoms with Gasteiger partial charge in [-0.2, -0.15) is 0 Å². The first-order valence-corrected chi connectivity index (χ1v) is 7.76. The molecule has 0 aliphatic carbocycles. The van der Waals surface area contributed by atoms with Crippen molar-refractivity contribution < 1.29 is 0 Å². The molecule has 2 heterocycles. The Morgan fingerprint density at radius 2 is 1.94 bits per heavy atom. The minimum Gasteiger partial charge on any atom is -0.337 e. The highest BCUT2D eigenvalue weighted by molar-refractivity contribution is 14.1. The van der Waals surface area contributed by atoms with E-state index in [9.17, 15) is 0 Å². The highest BCUT2D eigenvalue weighted by Gasteiger charge is 2.10. The number of aromatic nitrogens is 3. The fraction of sp³-hybridized carbons (Fsp3) is 0. The lowest BCUT2D eigenvalue weighted by Gasteiger charge is -2.01. The highest BCUT2D eigenvalue weighted by Crippen LogP contribution is 2.28. The minimum atomic E-state index is 0.726. The van der Waals surface area contributed by atoms with Gasteiger partial charge in [-0.05, 0) is 62.8 Å². The molecule has 0 atom stereocenters. The third kappa shape index (κ3) is 2.33. The maximum atomic E-state index is 4.51. The number of H-pyrrole nitrogens is 1. The first kappa shape index (κ1) is 12.6. The van der Waals surface area contributed by atoms with Crippen LogP contribution in [-0.2, 0) is 0 Å². The Labute approximate surface area is 134 Å². The molecule has 18 heavy (non-hydrogen) atoms. The van der Waals surface area contributed by atoms with E-state index in [2.05, 4.69) is 81.5 Å². The van der Waals surface area contributed by atoms with E-state index in [0.717, 1.165) is 35.1 Å². The first-order chi connectivity index (χ1) is 8.63. The van der Waals surface area contributed by atoms with Crippen molar-refractivity contribution >= 4 is 65.6 Å². The number of hydrogen-bond donors (Lipinski definition) is 1. The Morgan fingerprint density at radius 3 is 2.78 bits per heavy atom. The minimum absolute atomic E-state index is 0.726. The van der Waals surface area contributed by atoms with Crippen LogP contribution in [0.2, 0.25) is 0 Å². The highest BCUT2D eigenvalue weighted by atomic mass is 127. The molecule has 1 N–H and O–H groups in total. The van der Waals surface area contributed by atoms with Gasteiger partial charge in [0.2, 0.25) is 0 Å². The molecule has 3 aromatic rings. The van der Waals surface area contributed by atoms with Gasteiger partial charge < -0.3 is 4.98 Å². The zero-order valence-corrected chi connectivity index (χ0v) is 14.2. The summed E-state index contributed by atoms with van der Waals surface area (Å²) >= 11 is 9.19. The number of halogens is 3. The third-order valence-corrected chi connectivity index (χ3v) is 4.36. The fourth-order valence-electron chi connectivity index (χ4n) is 1.68. The second-order valence-electron chi connectivity index (χ2n) is 3.73. The van der Waals surface area contributed by atoms with Crippen LogP contribution in [0.5, 0.6) is 0 Å². The number of hydrogen-bond acceptors (Lipinski definition) is 2. The molecular formula is C12H6Br2IN3. The van der Waals surface area contributed by atoms with E-state index in [1.54, 1.807) is 6.20 Å². The van der Waals surface area contributed by atoms with E-state index in [-0.39, 0.29) is 0 Å². The van der Waals surface area contributed by atoms with Crippen molar-refractivity contribution in [3.8, 4) is 11.4 Å². The Hall–Kier alpha value is -0.470. The van der Waals surface area contributed by atoms with Gasteiger partial charge in [-0.25, -0.2) is 9.97 Å². The van der Waals surface area contributed by atoms with E-state index in [1.165, 1.54) is 0 Å². The lowest BCUT2D eigenvalue weighted by atomic mass is 10.2. The number of pyridine rings is 1. The van der Waals surface area contributed by atoms with E-state index < -0.39 is 0 Å². The second kappa shape index (κ2) is 4.90. The number of fused-ring (bicyclic) bond motifs is 1. The summed E-state index contributed by atoms with van der Waals surface area (Å²) in [5.41, 5.74) is 2.72. The van der Waals surface area contributed by atoms with Gasteiger partial charge in [0.05, 0.1) is 5.52 Å². The number of nitrogens with zero attached hydrogens (tertiary/aromatic N) is 2. The lowest BCUT2D eigenvalue weighted by Crippen LogP contribution is -1.85. The molecule has 1 aromatic carbocycles. The molecule has 0 aliphatic heterocycles. The Balaban J connectivity index is 2.22. The Bertz CT molecular complexity index is 739. The standard InChI is InChI=1S/C12H6Br2IN3/c13-6-1-2-9(15)8(3-6)11-17-10-4-7(14)5-16-12(10)18-11/h1-5H,(H,16,17,18). The summed E-state index contributed by atoms with van der Waals surface area (Å²) in [7, 11) is 0. The van der Waals surface area contributed by atoms with Crippen molar-refractivity contribution in [3.05, 3.63) is 43.0 Å². The largest absolute Gasteiger partial charge is 0.337 e. The monoisotopic (exact) mass is 477 g/mol. The van der Waals surface area contributed by atoms with Crippen LogP contribution >= 0.6 is 54.5 Å². The average Bonchev–Trinajstić information content (AvgIpc) is 2.74. The van der Waals surface area contributed by atoms with Crippen molar-refractivity contribution in [2.45, 2.75) is 0 Å². The van der Waals surface area contributed by atoms with Gasteiger partial charge in [0, 0.05) is 24.3 Å². The first-order valence-electron chi connectivity index (χ1n) is 5.10. The van der Waals surface area contributed by atoms with Gasteiger partial charge in [0.1, 0.15) is 5.82 Å². The molecule has 0 saturated heterocycles. The number of nitrogens with one attached hydrogen (secondary N) is 1. The molecule has 0 saturated carbocycles. The van der Waals surface area contributed by atoms with E-state index in [4.69, 9.17) is 0 Å². The molecule has 0 bridgehead atoms. The maximum absolute atomic E-state index is 4.51. The van der Waals surface area contributed by atoms with Gasteiger partial charge in [-0.3, -0.25) is 0 Å². The van der Waals surface area contributed by atoms with Crippen molar-refractivity contribution in [3.63, 3.8) is 0 Å². The van der Waals surface area contributed by atoms with Crippen LogP contribution in [0.4, 0.5) is 0 Å². The zero-order valence-electron chi connectivity index (χ0n) is 8.92. The van der Waals surface area contributed by atoms with Gasteiger partial charge in [-0.15, -0.1) is 0 Å². The molecule has 0 amide bonds. The molecule has 3 rings (SSSR count). The van der Waals surface area contributed by atoms with Crippen molar-refractivity contribution in [2.24, 2.45) is 0 Å². The predicted octanol–water partition coefficient (Wildman–Crippen LogP) is 4.75. The van der Waals surface area contributed by atoms with Gasteiger partial charge in [0.25, 0.3) is 0 Å². The van der Waals surface area contributed by atoms with Gasteiger partial charge in [0.15, 0.2) is 5.65 Å². The van der Waals surface area contributed by atoms with Crippen LogP contribution in [0, 0.1) is 3.57 Å². The summed E-state index contributed by atoms with van der Waals surface area (Å²) in [4.78, 5) is 12.1. The van der Waals surface area contributed by atoms with Crippen LogP contribution < -0.4 is 0 Å². The van der Waals surface area contributed by atoms with Crippen LogP contribution in [-0.4, -0.2) is 15.0 Å². The Morgan fingerprint density at radius 1 is 1.11 bits per heavy atom. The van der Waals surface area contributed by atoms with E-state index in [1.807, 2.05) is 12.1 Å². The summed E-state index contributed by atoms with van der Waals surface area (Å²) in [5.74, 6) is 0.835. The molecule has 3 nitrogen and oxygen atoms in total. The topological polar surface area (TPSA) is 41.6 Å². The lowest BCUT2D eigenvalue weighted by molar-refractivity contribution is 1.29. The van der Waals surface area contributed by atoms with Crippen LogP contribution in [0.1, 0.15) is 0 Å². The van der Waals surface area contributed by atoms with Gasteiger partial charge in [-0.1, -0.05) is 15.9 Å². The number of rotatable bonds is 1. The molecular weight excluding hydrogens is 473 g/mol. The Kier molecular flexibility index (Phi) is 3.42. The second-order valence-corrected chi connectivity index (χ2v) is 6.73. The number of benzene rings is 1. The van der Waals surface area contributed by atoms with Crippen molar-refractivity contribution in [1.29, 1.82) is 0 Å². The van der Waals surface area contributed by atoms with Crippen molar-refractivity contribution in [2.75, 3.05) is 0 Å². The van der Waals surface area contributed by atoms with Crippen LogP contribution in [0.3, 0.4) is 0 Å². The van der Waals surface area contributed by atoms with E-state index in [0.29, 0.717) is 0 Å². The molecule has 6 heteroatoms. The normalized spacial score (nSPS) is 11.1. The third-order valence-electron chi connectivity index (χ3n) is 2.49. The van der Waals surface area contributed by atoms with E-state index >= 15 is 0 Å². The summed E-state index contributed by atoms with van der Waals surface area (Å²) < 4.78 is 3.12. The molecule has 2 aromatic heterocycles. The average molecular weight is 479 g/mol. The smallest absolute Gasteiger partial charge is 0.178 e. The zero-order chi connectivity index (χ0) is 12.7. The molecule has 0 aliphatic rings. The molecule has 0 spiro atoms. The van der Waals surface area contributed by atoms with Crippen molar-refractivity contribution in [1.82, 2.24) is 15.0 Å². The van der Waals surface area contributed by atoms with Crippen LogP contribution in [0.25, 0.3) is 22.6 Å². The molecule has 0 fully saturated rings. The molecule has 0 radical (unpaired) electrons. The molecule has 90 valence electrons. The summed E-state index contributed by atoms with van der Waals surface area (Å²) in [5, 5.41) is 0. The summed E-state index contributed by atoms with van der Waals surface area (Å²) in [6.45, 7) is 0. The number of imidazole rings is 1. The summed E-state index contributed by atoms with van der Waals surface area (Å²) in [6.07, 6.45) is 1.75. The van der Waals surface area contributed by atoms with Gasteiger partial charge >= 0.3 is 0 Å². The summed E-state index contributed by atoms with van der Waals surface area (Å²) in [6, 6.07) is 8.09. The quantitative estimate of drug-likeness (QED) is 0.513. The number of aromatic amines is 1. The molecule has 0 unspecified atom stereocenters.